The minimum Gasteiger partial charge on any atom is -0.342 e. The number of benzene rings is 1. The lowest BCUT2D eigenvalue weighted by atomic mass is 9.74. The number of hydrogen-bond donors (Lipinski definition) is 0. The first-order chi connectivity index (χ1) is 17.2. The summed E-state index contributed by atoms with van der Waals surface area (Å²) in [6, 6.07) is 6.71. The van der Waals surface area contributed by atoms with Crippen LogP contribution in [-0.2, 0) is 14.8 Å². The first-order valence-electron chi connectivity index (χ1n) is 13.8. The Morgan fingerprint density at radius 2 is 1.50 bits per heavy atom. The van der Waals surface area contributed by atoms with Crippen molar-refractivity contribution in [3.63, 3.8) is 0 Å². The molecule has 198 valence electrons. The molecular weight excluding hydrogens is 476 g/mol. The maximum absolute atomic E-state index is 13.6. The van der Waals surface area contributed by atoms with Gasteiger partial charge in [0.15, 0.2) is 0 Å². The van der Waals surface area contributed by atoms with E-state index in [1.165, 1.54) is 0 Å². The number of aryl methyl sites for hydroxylation is 1. The molecular formula is C27H41N4O4S+. The molecule has 9 heteroatoms. The van der Waals surface area contributed by atoms with E-state index >= 15 is 0 Å². The van der Waals surface area contributed by atoms with E-state index in [1.807, 2.05) is 35.9 Å². The number of carbonyl (C=O) groups is 1. The normalized spacial score (nSPS) is 31.0. The minimum atomic E-state index is -3.47. The second-order valence-electron chi connectivity index (χ2n) is 11.6. The average Bonchev–Trinajstić information content (AvgIpc) is 3.13. The fourth-order valence-electron chi connectivity index (χ4n) is 6.97. The summed E-state index contributed by atoms with van der Waals surface area (Å²) in [5, 5.41) is 1.91. The molecule has 0 spiro atoms. The van der Waals surface area contributed by atoms with Crippen molar-refractivity contribution in [2.75, 3.05) is 32.7 Å². The third kappa shape index (κ3) is 4.69. The lowest BCUT2D eigenvalue weighted by Crippen LogP contribution is -2.50. The summed E-state index contributed by atoms with van der Waals surface area (Å²) in [6.07, 6.45) is 5.52. The monoisotopic (exact) mass is 517 g/mol. The molecule has 8 nitrogen and oxygen atoms in total. The first kappa shape index (κ1) is 25.6. The number of rotatable bonds is 4. The summed E-state index contributed by atoms with van der Waals surface area (Å²) < 4.78 is 27.9. The van der Waals surface area contributed by atoms with E-state index in [4.69, 9.17) is 0 Å². The van der Waals surface area contributed by atoms with Crippen LogP contribution in [0.15, 0.2) is 29.2 Å². The molecule has 4 unspecified atom stereocenters. The van der Waals surface area contributed by atoms with Crippen LogP contribution in [0.5, 0.6) is 0 Å². The highest BCUT2D eigenvalue weighted by Gasteiger charge is 2.59. The molecule has 4 saturated heterocycles. The molecule has 4 fully saturated rings. The highest BCUT2D eigenvalue weighted by molar-refractivity contribution is 7.89. The van der Waals surface area contributed by atoms with E-state index in [0.717, 1.165) is 62.0 Å². The lowest BCUT2D eigenvalue weighted by Gasteiger charge is -2.40. The van der Waals surface area contributed by atoms with Crippen LogP contribution in [0, 0.1) is 35.5 Å². The second kappa shape index (κ2) is 10.0. The third-order valence-electron chi connectivity index (χ3n) is 9.40. The molecule has 1 aromatic carbocycles. The summed E-state index contributed by atoms with van der Waals surface area (Å²) in [4.78, 5) is 30.0. The maximum Gasteiger partial charge on any atom is 0.245 e. The van der Waals surface area contributed by atoms with Crippen molar-refractivity contribution in [3.05, 3.63) is 34.7 Å². The zero-order valence-electron chi connectivity index (χ0n) is 21.9. The van der Waals surface area contributed by atoms with Gasteiger partial charge in [-0.25, -0.2) is 8.42 Å². The van der Waals surface area contributed by atoms with Gasteiger partial charge in [-0.05, 0) is 75.3 Å². The predicted molar refractivity (Wildman–Crippen MR) is 137 cm³/mol. The van der Waals surface area contributed by atoms with Crippen LogP contribution in [0.3, 0.4) is 0 Å². The highest BCUT2D eigenvalue weighted by Crippen LogP contribution is 2.42. The Bertz CT molecular complexity index is 1080. The van der Waals surface area contributed by atoms with Crippen LogP contribution in [0.1, 0.15) is 57.9 Å². The number of carbonyl (C=O) groups excluding carboxylic acids is 1. The minimum absolute atomic E-state index is 0.0441. The molecule has 0 aliphatic carbocycles. The number of nitrogens with zero attached hydrogens (tertiary/aromatic N) is 4. The molecule has 1 amide bonds. The molecule has 0 aromatic heterocycles. The zero-order chi connectivity index (χ0) is 25.6. The van der Waals surface area contributed by atoms with Crippen LogP contribution in [0.2, 0.25) is 0 Å². The molecule has 0 saturated carbocycles. The van der Waals surface area contributed by atoms with E-state index in [0.29, 0.717) is 42.3 Å². The van der Waals surface area contributed by atoms with Gasteiger partial charge in [-0.3, -0.25) is 4.79 Å². The molecule has 5 rings (SSSR count). The number of hydrogen-bond acceptors (Lipinski definition) is 4. The van der Waals surface area contributed by atoms with Crippen molar-refractivity contribution < 1.29 is 18.1 Å². The zero-order valence-corrected chi connectivity index (χ0v) is 22.7. The molecule has 4 aliphatic heterocycles. The predicted octanol–water partition coefficient (Wildman–Crippen LogP) is 3.45. The molecule has 0 radical (unpaired) electrons. The summed E-state index contributed by atoms with van der Waals surface area (Å²) >= 11 is 0. The number of amides is 1. The van der Waals surface area contributed by atoms with Crippen molar-refractivity contribution in [1.82, 2.24) is 14.2 Å². The van der Waals surface area contributed by atoms with Crippen LogP contribution in [0.25, 0.3) is 0 Å². The van der Waals surface area contributed by atoms with Crippen molar-refractivity contribution in [2.24, 2.45) is 23.7 Å². The van der Waals surface area contributed by atoms with Gasteiger partial charge < -0.3 is 4.90 Å². The van der Waals surface area contributed by atoms with E-state index < -0.39 is 10.0 Å². The van der Waals surface area contributed by atoms with Crippen LogP contribution in [0.4, 0.5) is 0 Å². The smallest absolute Gasteiger partial charge is 0.245 e. The lowest BCUT2D eigenvalue weighted by molar-refractivity contribution is -0.716. The van der Waals surface area contributed by atoms with Gasteiger partial charge in [-0.15, -0.1) is 5.01 Å². The quantitative estimate of drug-likeness (QED) is 0.572. The molecule has 4 atom stereocenters. The Morgan fingerprint density at radius 3 is 2.14 bits per heavy atom. The summed E-state index contributed by atoms with van der Waals surface area (Å²) in [7, 11) is -3.47. The molecule has 1 aromatic rings. The summed E-state index contributed by atoms with van der Waals surface area (Å²) in [6.45, 7) is 9.45. The van der Waals surface area contributed by atoms with Gasteiger partial charge in [0.25, 0.3) is 0 Å². The molecule has 0 N–H and O–H groups in total. The fourth-order valence-corrected chi connectivity index (χ4v) is 8.44. The second-order valence-corrected chi connectivity index (χ2v) is 13.6. The Kier molecular flexibility index (Phi) is 7.15. The van der Waals surface area contributed by atoms with Crippen LogP contribution >= 0.6 is 0 Å². The van der Waals surface area contributed by atoms with Crippen LogP contribution in [-0.4, -0.2) is 78.2 Å². The number of sulfonamides is 1. The topological polar surface area (TPSA) is 81.0 Å². The molecule has 4 aliphatic rings. The molecule has 4 heterocycles. The molecule has 0 bridgehead atoms. The third-order valence-corrected chi connectivity index (χ3v) is 11.3. The Balaban J connectivity index is 1.23. The van der Waals surface area contributed by atoms with E-state index in [9.17, 15) is 18.1 Å². The number of fused-ring (bicyclic) bond motifs is 1. The summed E-state index contributed by atoms with van der Waals surface area (Å²) in [5.74, 6) is 1.38. The van der Waals surface area contributed by atoms with Crippen molar-refractivity contribution in [3.8, 4) is 0 Å². The van der Waals surface area contributed by atoms with Gasteiger partial charge in [0.2, 0.25) is 22.0 Å². The first-order valence-corrected chi connectivity index (χ1v) is 15.2. The van der Waals surface area contributed by atoms with Gasteiger partial charge >= 0.3 is 0 Å². The van der Waals surface area contributed by atoms with Crippen molar-refractivity contribution >= 4 is 15.9 Å². The van der Waals surface area contributed by atoms with Gasteiger partial charge in [0.1, 0.15) is 16.8 Å². The fraction of sp³-hybridized carbons (Fsp3) is 0.741. The standard InChI is InChI=1S/C27H41N4O4S/c1-19-4-6-24(7-5-19)36(34,35)29-15-10-22(11-16-29)23-12-17-30-25(18-23)26(21(3)31(30)33)27(32)28-13-8-20(2)9-14-28/h4-7,20-23,25-26H,8-18H2,1-3H3/q+1. The van der Waals surface area contributed by atoms with Crippen LogP contribution < -0.4 is 0 Å². The highest BCUT2D eigenvalue weighted by atomic mass is 32.2. The van der Waals surface area contributed by atoms with Crippen molar-refractivity contribution in [2.45, 2.75) is 76.3 Å². The van der Waals surface area contributed by atoms with Crippen molar-refractivity contribution in [1.29, 1.82) is 0 Å². The Morgan fingerprint density at radius 1 is 0.889 bits per heavy atom. The number of piperidine rings is 3. The SMILES string of the molecule is Cc1ccc(S(=O)(=O)N2CCC(C3CCN4C(C3)C(C(=O)N3CCC(C)CC3)C(C)[N+]4=O)CC2)cc1. The Labute approximate surface area is 215 Å². The van der Waals surface area contributed by atoms with E-state index in [1.54, 1.807) is 16.4 Å². The van der Waals surface area contributed by atoms with Gasteiger partial charge in [-0.2, -0.15) is 4.31 Å². The molecule has 36 heavy (non-hydrogen) atoms. The maximum atomic E-state index is 13.6. The van der Waals surface area contributed by atoms with E-state index in [2.05, 4.69) is 6.92 Å². The van der Waals surface area contributed by atoms with E-state index in [-0.39, 0.29) is 23.9 Å². The largest absolute Gasteiger partial charge is 0.342 e. The Hall–Kier alpha value is -2.00. The number of hydrazine groups is 1. The van der Waals surface area contributed by atoms with Gasteiger partial charge in [-0.1, -0.05) is 24.6 Å². The number of likely N-dealkylation sites (tertiary alicyclic amines) is 1. The average molecular weight is 518 g/mol. The summed E-state index contributed by atoms with van der Waals surface area (Å²) in [5.41, 5.74) is 1.04. The van der Waals surface area contributed by atoms with Gasteiger partial charge in [0, 0.05) is 33.1 Å². The van der Waals surface area contributed by atoms with Gasteiger partial charge in [0.05, 0.1) is 16.3 Å². The number of nitroso groups, excluding NO2 is 1.